The van der Waals surface area contributed by atoms with E-state index in [9.17, 15) is 0 Å². The van der Waals surface area contributed by atoms with Crippen LogP contribution >= 0.6 is 0 Å². The molecule has 1 aromatic heterocycles. The van der Waals surface area contributed by atoms with E-state index in [-0.39, 0.29) is 17.3 Å². The summed E-state index contributed by atoms with van der Waals surface area (Å²) in [6.07, 6.45) is 7.28. The molecule has 12 rings (SSSR count). The monoisotopic (exact) mass is 712 g/mol. The zero-order valence-corrected chi connectivity index (χ0v) is 30.7. The maximum atomic E-state index is 5.25. The molecule has 3 unspecified atom stereocenters. The zero-order chi connectivity index (χ0) is 36.8. The molecule has 0 N–H and O–H groups in total. The van der Waals surface area contributed by atoms with Crippen molar-refractivity contribution in [3.8, 4) is 45.0 Å². The maximum Gasteiger partial charge on any atom is 0.160 e. The molecule has 2 heteroatoms. The van der Waals surface area contributed by atoms with Crippen molar-refractivity contribution in [2.45, 2.75) is 10.8 Å². The SMILES string of the molecule is C1=CC2C3C(=C1)c1ccccc1[C@@]3(c1ccccc1)c1ccccc1C21c2ccccc2-c2cc(-c3nc(-c4ccccc4)cc(-c4ccccc4)n3)ccc21. The van der Waals surface area contributed by atoms with Gasteiger partial charge in [0.1, 0.15) is 0 Å². The fraction of sp³-hybridized carbons (Fsp3) is 0.0741. The molecule has 4 aliphatic carbocycles. The number of rotatable bonds is 4. The predicted molar refractivity (Wildman–Crippen MR) is 227 cm³/mol. The third-order valence-corrected chi connectivity index (χ3v) is 13.1. The highest BCUT2D eigenvalue weighted by atomic mass is 14.9. The molecule has 56 heavy (non-hydrogen) atoms. The predicted octanol–water partition coefficient (Wildman–Crippen LogP) is 12.3. The van der Waals surface area contributed by atoms with E-state index in [0.717, 1.165) is 33.9 Å². The van der Waals surface area contributed by atoms with Gasteiger partial charge in [0.05, 0.1) is 22.2 Å². The van der Waals surface area contributed by atoms with E-state index in [1.807, 2.05) is 0 Å². The number of hydrogen-bond donors (Lipinski definition) is 0. The molecule has 7 aromatic carbocycles. The summed E-state index contributed by atoms with van der Waals surface area (Å²) < 4.78 is 0. The zero-order valence-electron chi connectivity index (χ0n) is 30.7. The molecule has 4 atom stereocenters. The number of allylic oxidation sites excluding steroid dienone is 4. The number of aromatic nitrogens is 2. The third kappa shape index (κ3) is 4.06. The van der Waals surface area contributed by atoms with Gasteiger partial charge >= 0.3 is 0 Å². The summed E-state index contributed by atoms with van der Waals surface area (Å²) in [7, 11) is 0. The summed E-state index contributed by atoms with van der Waals surface area (Å²) in [5.41, 5.74) is 17.9. The lowest BCUT2D eigenvalue weighted by atomic mass is 9.45. The Bertz CT molecular complexity index is 2870. The molecule has 0 saturated heterocycles. The standard InChI is InChI=1S/C54H36N2/c1-4-17-35(18-5-1)49-34-50(36-19-6-2-7-20-36)56-52(55-49)37-31-32-45-42(33-37)40-24-11-13-27-44(40)54(45)47-29-15-14-28-46(47)53(38-21-8-3-9-22-38)43-26-12-10-23-39(43)41-25-16-30-48(54)51(41)53/h1-34,48,51H/t48?,51?,53-,54?/m0/s1. The fourth-order valence-electron chi connectivity index (χ4n) is 11.1. The Morgan fingerprint density at radius 3 is 1.57 bits per heavy atom. The van der Waals surface area contributed by atoms with Gasteiger partial charge in [-0.2, -0.15) is 0 Å². The van der Waals surface area contributed by atoms with Gasteiger partial charge in [-0.3, -0.25) is 0 Å². The van der Waals surface area contributed by atoms with E-state index in [1.54, 1.807) is 0 Å². The van der Waals surface area contributed by atoms with Gasteiger partial charge in [-0.1, -0.05) is 194 Å². The topological polar surface area (TPSA) is 25.8 Å². The van der Waals surface area contributed by atoms with Gasteiger partial charge in [-0.25, -0.2) is 9.97 Å². The molecule has 0 aliphatic heterocycles. The maximum absolute atomic E-state index is 5.25. The summed E-state index contributed by atoms with van der Waals surface area (Å²) in [5, 5.41) is 0. The van der Waals surface area contributed by atoms with Gasteiger partial charge < -0.3 is 0 Å². The van der Waals surface area contributed by atoms with Crippen molar-refractivity contribution in [2.24, 2.45) is 11.8 Å². The molecule has 0 bridgehead atoms. The number of fused-ring (bicyclic) bond motifs is 12. The molecule has 0 fully saturated rings. The molecule has 0 radical (unpaired) electrons. The Labute approximate surface area is 327 Å². The lowest BCUT2D eigenvalue weighted by molar-refractivity contribution is 0.270. The van der Waals surface area contributed by atoms with Crippen LogP contribution in [-0.4, -0.2) is 9.97 Å². The van der Waals surface area contributed by atoms with Gasteiger partial charge in [-0.05, 0) is 67.8 Å². The molecule has 0 saturated carbocycles. The molecule has 2 nitrogen and oxygen atoms in total. The molecule has 4 aliphatic rings. The average molecular weight is 713 g/mol. The van der Waals surface area contributed by atoms with Crippen LogP contribution in [-0.2, 0) is 10.8 Å². The normalized spacial score (nSPS) is 21.8. The Kier molecular flexibility index (Phi) is 6.63. The van der Waals surface area contributed by atoms with Crippen LogP contribution in [0, 0.1) is 11.8 Å². The van der Waals surface area contributed by atoms with E-state index >= 15 is 0 Å². The van der Waals surface area contributed by atoms with E-state index in [0.29, 0.717) is 0 Å². The molecule has 1 spiro atoms. The van der Waals surface area contributed by atoms with E-state index in [1.165, 1.54) is 55.6 Å². The van der Waals surface area contributed by atoms with E-state index < -0.39 is 5.41 Å². The van der Waals surface area contributed by atoms with Crippen LogP contribution in [0.5, 0.6) is 0 Å². The summed E-state index contributed by atoms with van der Waals surface area (Å²) >= 11 is 0. The van der Waals surface area contributed by atoms with Crippen LogP contribution in [0.3, 0.4) is 0 Å². The van der Waals surface area contributed by atoms with Crippen molar-refractivity contribution >= 4 is 5.57 Å². The Morgan fingerprint density at radius 1 is 0.393 bits per heavy atom. The van der Waals surface area contributed by atoms with E-state index in [4.69, 9.17) is 9.97 Å². The van der Waals surface area contributed by atoms with Gasteiger partial charge in [0, 0.05) is 28.5 Å². The smallest absolute Gasteiger partial charge is 0.160 e. The highest BCUT2D eigenvalue weighted by Gasteiger charge is 2.66. The van der Waals surface area contributed by atoms with Crippen LogP contribution in [0.25, 0.3) is 50.6 Å². The quantitative estimate of drug-likeness (QED) is 0.182. The van der Waals surface area contributed by atoms with Crippen molar-refractivity contribution in [1.82, 2.24) is 9.97 Å². The second-order valence-electron chi connectivity index (χ2n) is 15.6. The van der Waals surface area contributed by atoms with Crippen LogP contribution in [0.1, 0.15) is 38.9 Å². The molecule has 1 heterocycles. The van der Waals surface area contributed by atoms with Crippen LogP contribution in [0.15, 0.2) is 206 Å². The average Bonchev–Trinajstić information content (AvgIpc) is 3.75. The fourth-order valence-corrected chi connectivity index (χ4v) is 11.1. The van der Waals surface area contributed by atoms with Gasteiger partial charge in [-0.15, -0.1) is 0 Å². The van der Waals surface area contributed by atoms with Gasteiger partial charge in [0.2, 0.25) is 0 Å². The van der Waals surface area contributed by atoms with Crippen molar-refractivity contribution in [3.63, 3.8) is 0 Å². The lowest BCUT2D eigenvalue weighted by Gasteiger charge is -2.55. The summed E-state index contributed by atoms with van der Waals surface area (Å²) in [6.45, 7) is 0. The Balaban J connectivity index is 1.13. The minimum absolute atomic E-state index is 0.153. The Hall–Kier alpha value is -6.90. The van der Waals surface area contributed by atoms with Crippen LogP contribution in [0.4, 0.5) is 0 Å². The third-order valence-electron chi connectivity index (χ3n) is 13.1. The molecular weight excluding hydrogens is 677 g/mol. The molecular formula is C54H36N2. The van der Waals surface area contributed by atoms with Crippen molar-refractivity contribution in [1.29, 1.82) is 0 Å². The van der Waals surface area contributed by atoms with Crippen molar-refractivity contribution < 1.29 is 0 Å². The van der Waals surface area contributed by atoms with Crippen LogP contribution in [0.2, 0.25) is 0 Å². The molecule has 8 aromatic rings. The first-order valence-electron chi connectivity index (χ1n) is 19.7. The summed E-state index contributed by atoms with van der Waals surface area (Å²) in [4.78, 5) is 10.5. The molecule has 0 amide bonds. The van der Waals surface area contributed by atoms with E-state index in [2.05, 4.69) is 206 Å². The minimum atomic E-state index is -0.413. The van der Waals surface area contributed by atoms with Gasteiger partial charge in [0.25, 0.3) is 0 Å². The van der Waals surface area contributed by atoms with Crippen LogP contribution < -0.4 is 0 Å². The summed E-state index contributed by atoms with van der Waals surface area (Å²) in [5.74, 6) is 1.08. The van der Waals surface area contributed by atoms with Gasteiger partial charge in [0.15, 0.2) is 5.82 Å². The first kappa shape index (κ1) is 31.5. The first-order chi connectivity index (χ1) is 27.8. The first-order valence-corrected chi connectivity index (χ1v) is 19.7. The van der Waals surface area contributed by atoms with Crippen molar-refractivity contribution in [3.05, 3.63) is 245 Å². The highest BCUT2D eigenvalue weighted by molar-refractivity contribution is 5.92. The number of hydrogen-bond acceptors (Lipinski definition) is 2. The second-order valence-corrected chi connectivity index (χ2v) is 15.6. The van der Waals surface area contributed by atoms with Crippen molar-refractivity contribution in [2.75, 3.05) is 0 Å². The lowest BCUT2D eigenvalue weighted by Crippen LogP contribution is -2.53. The number of benzene rings is 7. The summed E-state index contributed by atoms with van der Waals surface area (Å²) in [6, 6.07) is 69.1. The Morgan fingerprint density at radius 2 is 0.911 bits per heavy atom. The second kappa shape index (κ2) is 11.8. The largest absolute Gasteiger partial charge is 0.228 e. The number of nitrogens with zero attached hydrogens (tertiary/aromatic N) is 2. The highest BCUT2D eigenvalue weighted by Crippen LogP contribution is 2.72. The molecule has 262 valence electrons. The minimum Gasteiger partial charge on any atom is -0.228 e.